The maximum Gasteiger partial charge on any atom is 0.417 e. The molecule has 0 aliphatic rings. The second-order valence-electron chi connectivity index (χ2n) is 4.46. The van der Waals surface area contributed by atoms with Crippen LogP contribution in [-0.4, -0.2) is 0 Å². The van der Waals surface area contributed by atoms with Crippen LogP contribution >= 0.6 is 73.9 Å². The van der Waals surface area contributed by atoms with Gasteiger partial charge in [-0.15, -0.1) is 0 Å². The van der Waals surface area contributed by atoms with Gasteiger partial charge in [-0.1, -0.05) is 80.0 Å². The van der Waals surface area contributed by atoms with E-state index in [0.717, 1.165) is 6.07 Å². The van der Waals surface area contributed by atoms with Gasteiger partial charge < -0.3 is 0 Å². The fourth-order valence-corrected chi connectivity index (χ4v) is 3.66. The van der Waals surface area contributed by atoms with Crippen molar-refractivity contribution in [3.8, 4) is 11.1 Å². The Balaban J connectivity index is 2.92. The van der Waals surface area contributed by atoms with E-state index >= 15 is 0 Å². The summed E-state index contributed by atoms with van der Waals surface area (Å²) in [6.07, 6.45) is -4.61. The van der Waals surface area contributed by atoms with Crippen molar-refractivity contribution in [1.82, 2.24) is 0 Å². The number of halogens is 9. The van der Waals surface area contributed by atoms with Crippen molar-refractivity contribution < 1.29 is 13.2 Å². The summed E-state index contributed by atoms with van der Waals surface area (Å²) in [5.41, 5.74) is -0.629. The zero-order valence-corrected chi connectivity index (χ0v) is 16.2. The standard InChI is InChI=1S/C14H5BrCl5F3/c15-4-5-1-2-7(14(21,22)23)6(3-5)8-9(16)11(18)13(20)12(19)10(8)17/h1-3H,4H2. The highest BCUT2D eigenvalue weighted by Crippen LogP contribution is 2.50. The molecule has 0 fully saturated rings. The second kappa shape index (κ2) is 7.19. The molecule has 0 aliphatic carbocycles. The van der Waals surface area contributed by atoms with Gasteiger partial charge in [0, 0.05) is 10.9 Å². The molecule has 0 aliphatic heterocycles. The Morgan fingerprint density at radius 1 is 0.826 bits per heavy atom. The Morgan fingerprint density at radius 2 is 1.30 bits per heavy atom. The third kappa shape index (κ3) is 3.73. The van der Waals surface area contributed by atoms with E-state index in [1.54, 1.807) is 0 Å². The van der Waals surface area contributed by atoms with Crippen molar-refractivity contribution in [1.29, 1.82) is 0 Å². The van der Waals surface area contributed by atoms with E-state index in [9.17, 15) is 13.2 Å². The van der Waals surface area contributed by atoms with Gasteiger partial charge in [-0.2, -0.15) is 13.2 Å². The molecule has 2 aromatic rings. The van der Waals surface area contributed by atoms with Gasteiger partial charge in [0.2, 0.25) is 0 Å². The minimum absolute atomic E-state index is 0.108. The lowest BCUT2D eigenvalue weighted by molar-refractivity contribution is -0.137. The first-order chi connectivity index (χ1) is 10.6. The third-order valence-corrected chi connectivity index (χ3v) is 5.95. The highest BCUT2D eigenvalue weighted by atomic mass is 79.9. The van der Waals surface area contributed by atoms with E-state index in [0.29, 0.717) is 10.9 Å². The molecule has 124 valence electrons. The van der Waals surface area contributed by atoms with Gasteiger partial charge in [0.05, 0.1) is 30.7 Å². The predicted molar refractivity (Wildman–Crippen MR) is 94.6 cm³/mol. The van der Waals surface area contributed by atoms with Gasteiger partial charge in [-0.05, 0) is 23.3 Å². The molecule has 0 aromatic heterocycles. The van der Waals surface area contributed by atoms with E-state index < -0.39 is 11.7 Å². The van der Waals surface area contributed by atoms with Crippen LogP contribution in [0, 0.1) is 0 Å². The van der Waals surface area contributed by atoms with E-state index in [1.165, 1.54) is 12.1 Å². The highest BCUT2D eigenvalue weighted by Gasteiger charge is 2.35. The quantitative estimate of drug-likeness (QED) is 0.226. The second-order valence-corrected chi connectivity index (χ2v) is 6.91. The van der Waals surface area contributed by atoms with E-state index in [1.807, 2.05) is 0 Å². The van der Waals surface area contributed by atoms with Gasteiger partial charge in [-0.25, -0.2) is 0 Å². The molecular formula is C14H5BrCl5F3. The zero-order valence-electron chi connectivity index (χ0n) is 10.8. The molecule has 0 spiro atoms. The van der Waals surface area contributed by atoms with Crippen LogP contribution in [0.15, 0.2) is 18.2 Å². The number of benzene rings is 2. The monoisotopic (exact) mass is 484 g/mol. The van der Waals surface area contributed by atoms with Crippen LogP contribution in [0.1, 0.15) is 11.1 Å². The summed E-state index contributed by atoms with van der Waals surface area (Å²) in [6.45, 7) is 0. The number of hydrogen-bond acceptors (Lipinski definition) is 0. The molecule has 0 saturated heterocycles. The topological polar surface area (TPSA) is 0 Å². The van der Waals surface area contributed by atoms with Crippen LogP contribution in [-0.2, 0) is 11.5 Å². The van der Waals surface area contributed by atoms with Gasteiger partial charge in [0.15, 0.2) is 0 Å². The lowest BCUT2D eigenvalue weighted by Gasteiger charge is -2.18. The summed E-state index contributed by atoms with van der Waals surface area (Å²) in [6, 6.07) is 3.63. The van der Waals surface area contributed by atoms with Crippen molar-refractivity contribution >= 4 is 73.9 Å². The van der Waals surface area contributed by atoms with Gasteiger partial charge in [0.1, 0.15) is 0 Å². The highest BCUT2D eigenvalue weighted by molar-refractivity contribution is 9.08. The van der Waals surface area contributed by atoms with Crippen molar-refractivity contribution in [2.24, 2.45) is 0 Å². The summed E-state index contributed by atoms with van der Waals surface area (Å²) >= 11 is 33.2. The Hall–Kier alpha value is 0.160. The minimum Gasteiger partial charge on any atom is -0.166 e. The van der Waals surface area contributed by atoms with Gasteiger partial charge in [0.25, 0.3) is 0 Å². The summed E-state index contributed by atoms with van der Waals surface area (Å²) in [5.74, 6) is 0. The zero-order chi connectivity index (χ0) is 17.5. The van der Waals surface area contributed by atoms with Crippen LogP contribution in [0.2, 0.25) is 25.1 Å². The number of rotatable bonds is 2. The molecule has 0 radical (unpaired) electrons. The average molecular weight is 487 g/mol. The molecule has 9 heteroatoms. The maximum absolute atomic E-state index is 13.3. The van der Waals surface area contributed by atoms with E-state index in [2.05, 4.69) is 15.9 Å². The minimum atomic E-state index is -4.61. The fraction of sp³-hybridized carbons (Fsp3) is 0.143. The van der Waals surface area contributed by atoms with Crippen molar-refractivity contribution in [2.45, 2.75) is 11.5 Å². The van der Waals surface area contributed by atoms with Crippen LogP contribution in [0.25, 0.3) is 11.1 Å². The van der Waals surface area contributed by atoms with E-state index in [4.69, 9.17) is 58.0 Å². The first-order valence-electron chi connectivity index (χ1n) is 5.87. The Morgan fingerprint density at radius 3 is 1.74 bits per heavy atom. The Bertz CT molecular complexity index is 745. The maximum atomic E-state index is 13.3. The molecule has 0 atom stereocenters. The van der Waals surface area contributed by atoms with Crippen LogP contribution in [0.4, 0.5) is 13.2 Å². The normalized spacial score (nSPS) is 11.9. The molecular weight excluding hydrogens is 482 g/mol. The molecule has 0 nitrogen and oxygen atoms in total. The van der Waals surface area contributed by atoms with Gasteiger partial charge in [-0.3, -0.25) is 0 Å². The number of hydrogen-bond donors (Lipinski definition) is 0. The third-order valence-electron chi connectivity index (χ3n) is 3.02. The number of alkyl halides is 4. The first-order valence-corrected chi connectivity index (χ1v) is 8.88. The van der Waals surface area contributed by atoms with E-state index in [-0.39, 0.29) is 36.2 Å². The molecule has 2 aromatic carbocycles. The lowest BCUT2D eigenvalue weighted by Crippen LogP contribution is -2.08. The molecule has 0 N–H and O–H groups in total. The van der Waals surface area contributed by atoms with Crippen molar-refractivity contribution in [3.63, 3.8) is 0 Å². The molecule has 0 amide bonds. The average Bonchev–Trinajstić information content (AvgIpc) is 2.50. The summed E-state index contributed by atoms with van der Waals surface area (Å²) in [4.78, 5) is 0. The summed E-state index contributed by atoms with van der Waals surface area (Å²) < 4.78 is 40.0. The van der Waals surface area contributed by atoms with Crippen LogP contribution < -0.4 is 0 Å². The fourth-order valence-electron chi connectivity index (χ4n) is 1.97. The molecule has 0 bridgehead atoms. The van der Waals surface area contributed by atoms with Gasteiger partial charge >= 0.3 is 6.18 Å². The molecule has 2 rings (SSSR count). The Labute approximate surface area is 163 Å². The first kappa shape index (κ1) is 19.5. The SMILES string of the molecule is FC(F)(F)c1ccc(CBr)cc1-c1c(Cl)c(Cl)c(Cl)c(Cl)c1Cl. The van der Waals surface area contributed by atoms with Crippen LogP contribution in [0.5, 0.6) is 0 Å². The lowest BCUT2D eigenvalue weighted by atomic mass is 9.97. The molecule has 0 heterocycles. The smallest absolute Gasteiger partial charge is 0.166 e. The predicted octanol–water partition coefficient (Wildman–Crippen LogP) is 8.53. The van der Waals surface area contributed by atoms with Crippen molar-refractivity contribution in [2.75, 3.05) is 0 Å². The molecule has 23 heavy (non-hydrogen) atoms. The molecule has 0 saturated carbocycles. The largest absolute Gasteiger partial charge is 0.417 e. The summed E-state index contributed by atoms with van der Waals surface area (Å²) in [5, 5.41) is -0.461. The van der Waals surface area contributed by atoms with Crippen LogP contribution in [0.3, 0.4) is 0 Å². The Kier molecular flexibility index (Phi) is 6.09. The van der Waals surface area contributed by atoms with Crippen molar-refractivity contribution in [3.05, 3.63) is 54.4 Å². The molecule has 0 unspecified atom stereocenters. The summed E-state index contributed by atoms with van der Waals surface area (Å²) in [7, 11) is 0.